The first-order valence-electron chi connectivity index (χ1n) is 6.65. The minimum atomic E-state index is -1.01. The number of rotatable bonds is 6. The third-order valence-electron chi connectivity index (χ3n) is 3.00. The summed E-state index contributed by atoms with van der Waals surface area (Å²) in [6.45, 7) is 0.403. The Labute approximate surface area is 151 Å². The van der Waals surface area contributed by atoms with E-state index in [9.17, 15) is 4.79 Å². The van der Waals surface area contributed by atoms with Crippen LogP contribution < -0.4 is 9.47 Å². The van der Waals surface area contributed by atoms with Crippen molar-refractivity contribution in [2.75, 3.05) is 7.11 Å². The van der Waals surface area contributed by atoms with Crippen LogP contribution in [0.3, 0.4) is 0 Å². The Morgan fingerprint density at radius 2 is 1.87 bits per heavy atom. The van der Waals surface area contributed by atoms with Crippen LogP contribution >= 0.6 is 31.9 Å². The second-order valence-corrected chi connectivity index (χ2v) is 6.38. The average Bonchev–Trinajstić information content (AvgIpc) is 2.53. The molecule has 0 heterocycles. The number of hydrogen-bond acceptors (Lipinski definition) is 3. The Kier molecular flexibility index (Phi) is 6.24. The van der Waals surface area contributed by atoms with Crippen molar-refractivity contribution in [1.82, 2.24) is 0 Å². The minimum absolute atomic E-state index is 0.403. The molecule has 0 spiro atoms. The molecule has 2 aromatic rings. The lowest BCUT2D eigenvalue weighted by molar-refractivity contribution is -0.131. The van der Waals surface area contributed by atoms with E-state index in [1.54, 1.807) is 19.2 Å². The molecular formula is C17H14Br2O4. The van der Waals surface area contributed by atoms with Gasteiger partial charge >= 0.3 is 5.97 Å². The highest BCUT2D eigenvalue weighted by molar-refractivity contribution is 9.10. The van der Waals surface area contributed by atoms with Crippen molar-refractivity contribution in [2.24, 2.45) is 0 Å². The molecule has 0 saturated carbocycles. The van der Waals surface area contributed by atoms with E-state index in [1.807, 2.05) is 24.3 Å². The van der Waals surface area contributed by atoms with E-state index in [1.165, 1.54) is 6.08 Å². The SMILES string of the molecule is COc1cc(/C=C/C(=O)O)c(Br)cc1OCc1ccc(Br)cc1. The first kappa shape index (κ1) is 17.6. The number of halogens is 2. The Hall–Kier alpha value is -1.79. The number of methoxy groups -OCH3 is 1. The van der Waals surface area contributed by atoms with Crippen molar-refractivity contribution in [1.29, 1.82) is 0 Å². The Morgan fingerprint density at radius 3 is 2.48 bits per heavy atom. The van der Waals surface area contributed by atoms with E-state index in [0.717, 1.165) is 20.6 Å². The quantitative estimate of drug-likeness (QED) is 0.648. The van der Waals surface area contributed by atoms with Gasteiger partial charge in [0.2, 0.25) is 0 Å². The van der Waals surface area contributed by atoms with Gasteiger partial charge in [-0.3, -0.25) is 0 Å². The fourth-order valence-corrected chi connectivity index (χ4v) is 2.57. The minimum Gasteiger partial charge on any atom is -0.493 e. The lowest BCUT2D eigenvalue weighted by Gasteiger charge is -2.13. The van der Waals surface area contributed by atoms with Gasteiger partial charge in [-0.25, -0.2) is 4.79 Å². The molecule has 0 bridgehead atoms. The number of hydrogen-bond donors (Lipinski definition) is 1. The number of carbonyl (C=O) groups is 1. The van der Waals surface area contributed by atoms with Crippen LogP contribution in [0.2, 0.25) is 0 Å². The Balaban J connectivity index is 2.19. The molecule has 0 aliphatic rings. The highest BCUT2D eigenvalue weighted by atomic mass is 79.9. The van der Waals surface area contributed by atoms with Crippen LogP contribution in [0.15, 0.2) is 51.4 Å². The van der Waals surface area contributed by atoms with Crippen molar-refractivity contribution >= 4 is 43.9 Å². The fraction of sp³-hybridized carbons (Fsp3) is 0.118. The number of benzene rings is 2. The molecule has 0 amide bonds. The fourth-order valence-electron chi connectivity index (χ4n) is 1.85. The van der Waals surface area contributed by atoms with Crippen LogP contribution in [0.5, 0.6) is 11.5 Å². The van der Waals surface area contributed by atoms with Gasteiger partial charge in [0.05, 0.1) is 7.11 Å². The summed E-state index contributed by atoms with van der Waals surface area (Å²) in [6, 6.07) is 11.3. The zero-order valence-electron chi connectivity index (χ0n) is 12.3. The van der Waals surface area contributed by atoms with Crippen LogP contribution in [0.4, 0.5) is 0 Å². The summed E-state index contributed by atoms with van der Waals surface area (Å²) in [4.78, 5) is 10.6. The van der Waals surface area contributed by atoms with Gasteiger partial charge in [-0.2, -0.15) is 0 Å². The summed E-state index contributed by atoms with van der Waals surface area (Å²) in [7, 11) is 1.54. The Bertz CT molecular complexity index is 724. The van der Waals surface area contributed by atoms with Crippen molar-refractivity contribution in [3.8, 4) is 11.5 Å². The van der Waals surface area contributed by atoms with Crippen molar-refractivity contribution in [3.63, 3.8) is 0 Å². The molecule has 2 aromatic carbocycles. The average molecular weight is 442 g/mol. The predicted octanol–water partition coefficient (Wildman–Crippen LogP) is 4.90. The van der Waals surface area contributed by atoms with Gasteiger partial charge in [-0.15, -0.1) is 0 Å². The summed E-state index contributed by atoms with van der Waals surface area (Å²) >= 11 is 6.80. The third-order valence-corrected chi connectivity index (χ3v) is 4.21. The molecule has 1 N–H and O–H groups in total. The number of carboxylic acids is 1. The number of ether oxygens (including phenoxy) is 2. The van der Waals surface area contributed by atoms with Gasteiger partial charge in [0.1, 0.15) is 6.61 Å². The van der Waals surface area contributed by atoms with Crippen LogP contribution in [0.25, 0.3) is 6.08 Å². The van der Waals surface area contributed by atoms with Gasteiger partial charge in [0.15, 0.2) is 11.5 Å². The number of aliphatic carboxylic acids is 1. The molecule has 0 unspecified atom stereocenters. The molecule has 0 aliphatic carbocycles. The van der Waals surface area contributed by atoms with Gasteiger partial charge in [-0.05, 0) is 41.5 Å². The van der Waals surface area contributed by atoms with Crippen LogP contribution in [-0.2, 0) is 11.4 Å². The normalized spacial score (nSPS) is 10.7. The first-order chi connectivity index (χ1) is 11.0. The maximum atomic E-state index is 10.6. The molecule has 0 aliphatic heterocycles. The largest absolute Gasteiger partial charge is 0.493 e. The molecular weight excluding hydrogens is 428 g/mol. The van der Waals surface area contributed by atoms with E-state index < -0.39 is 5.97 Å². The molecule has 0 radical (unpaired) electrons. The zero-order valence-corrected chi connectivity index (χ0v) is 15.4. The second-order valence-electron chi connectivity index (χ2n) is 4.61. The van der Waals surface area contributed by atoms with Crippen molar-refractivity contribution in [3.05, 3.63) is 62.5 Å². The smallest absolute Gasteiger partial charge is 0.328 e. The van der Waals surface area contributed by atoms with Crippen LogP contribution in [0, 0.1) is 0 Å². The van der Waals surface area contributed by atoms with E-state index >= 15 is 0 Å². The lowest BCUT2D eigenvalue weighted by Crippen LogP contribution is -1.98. The van der Waals surface area contributed by atoms with Crippen LogP contribution in [0.1, 0.15) is 11.1 Å². The molecule has 0 atom stereocenters. The maximum Gasteiger partial charge on any atom is 0.328 e. The highest BCUT2D eigenvalue weighted by Gasteiger charge is 2.09. The zero-order chi connectivity index (χ0) is 16.8. The predicted molar refractivity (Wildman–Crippen MR) is 95.8 cm³/mol. The van der Waals surface area contributed by atoms with E-state index in [0.29, 0.717) is 23.7 Å². The molecule has 0 aromatic heterocycles. The highest BCUT2D eigenvalue weighted by Crippen LogP contribution is 2.34. The molecule has 23 heavy (non-hydrogen) atoms. The van der Waals surface area contributed by atoms with E-state index in [2.05, 4.69) is 31.9 Å². The molecule has 6 heteroatoms. The van der Waals surface area contributed by atoms with Gasteiger partial charge < -0.3 is 14.6 Å². The molecule has 2 rings (SSSR count). The second kappa shape index (κ2) is 8.17. The molecule has 0 fully saturated rings. The van der Waals surface area contributed by atoms with Gasteiger partial charge in [0.25, 0.3) is 0 Å². The summed E-state index contributed by atoms with van der Waals surface area (Å²) < 4.78 is 12.9. The molecule has 4 nitrogen and oxygen atoms in total. The summed E-state index contributed by atoms with van der Waals surface area (Å²) in [5.41, 5.74) is 1.72. The monoisotopic (exact) mass is 440 g/mol. The third kappa shape index (κ3) is 5.11. The number of carboxylic acid groups (broad SMARTS) is 1. The first-order valence-corrected chi connectivity index (χ1v) is 8.24. The summed E-state index contributed by atoms with van der Waals surface area (Å²) in [6.07, 6.45) is 2.56. The van der Waals surface area contributed by atoms with Crippen molar-refractivity contribution in [2.45, 2.75) is 6.61 Å². The Morgan fingerprint density at radius 1 is 1.17 bits per heavy atom. The topological polar surface area (TPSA) is 55.8 Å². The van der Waals surface area contributed by atoms with Crippen LogP contribution in [-0.4, -0.2) is 18.2 Å². The lowest BCUT2D eigenvalue weighted by atomic mass is 10.2. The maximum absolute atomic E-state index is 10.6. The standard InChI is InChI=1S/C17H14Br2O4/c1-22-15-8-12(4-7-17(20)21)14(19)9-16(15)23-10-11-2-5-13(18)6-3-11/h2-9H,10H2,1H3,(H,20,21)/b7-4+. The van der Waals surface area contributed by atoms with Gasteiger partial charge in [-0.1, -0.05) is 44.0 Å². The summed E-state index contributed by atoms with van der Waals surface area (Å²) in [5, 5.41) is 8.72. The van der Waals surface area contributed by atoms with Gasteiger partial charge in [0, 0.05) is 15.0 Å². The summed E-state index contributed by atoms with van der Waals surface area (Å²) in [5.74, 6) is 0.108. The van der Waals surface area contributed by atoms with E-state index in [-0.39, 0.29) is 0 Å². The van der Waals surface area contributed by atoms with Crippen molar-refractivity contribution < 1.29 is 19.4 Å². The van der Waals surface area contributed by atoms with E-state index in [4.69, 9.17) is 14.6 Å². The molecule has 120 valence electrons. The molecule has 0 saturated heterocycles.